The highest BCUT2D eigenvalue weighted by atomic mass is 32.2. The van der Waals surface area contributed by atoms with Gasteiger partial charge in [0.25, 0.3) is 15.7 Å². The first-order valence-electron chi connectivity index (χ1n) is 6.25. The number of benzene rings is 2. The van der Waals surface area contributed by atoms with Crippen molar-refractivity contribution in [2.75, 3.05) is 0 Å². The van der Waals surface area contributed by atoms with Crippen LogP contribution in [0.1, 0.15) is 11.1 Å². The van der Waals surface area contributed by atoms with E-state index in [-0.39, 0.29) is 10.6 Å². The molecule has 0 spiro atoms. The van der Waals surface area contributed by atoms with Crippen LogP contribution in [0.15, 0.2) is 58.5 Å². The number of hydrogen-bond donors (Lipinski definition) is 1. The van der Waals surface area contributed by atoms with Gasteiger partial charge in [0.15, 0.2) is 0 Å². The molecule has 0 aliphatic carbocycles. The molecule has 7 nitrogen and oxygen atoms in total. The predicted octanol–water partition coefficient (Wildman–Crippen LogP) is 2.22. The summed E-state index contributed by atoms with van der Waals surface area (Å²) in [6.07, 6.45) is 1.35. The van der Waals surface area contributed by atoms with Crippen LogP contribution in [-0.2, 0) is 10.0 Å². The number of rotatable bonds is 5. The van der Waals surface area contributed by atoms with Crippen LogP contribution in [0, 0.1) is 17.0 Å². The summed E-state index contributed by atoms with van der Waals surface area (Å²) in [6, 6.07) is 12.6. The molecule has 2 rings (SSSR count). The van der Waals surface area contributed by atoms with E-state index in [1.165, 1.54) is 25.3 Å². The standard InChI is InChI=1S/C14H13N3O4S/c1-11-7-8-13(9-14(11)17(18)19)22(20,21)16-15-10-12-5-3-2-4-6-12/h2-10,16H,1H3/b15-10+. The molecular formula is C14H13N3O4S. The van der Waals surface area contributed by atoms with Crippen LogP contribution in [0.25, 0.3) is 0 Å². The monoisotopic (exact) mass is 319 g/mol. The van der Waals surface area contributed by atoms with E-state index in [4.69, 9.17) is 0 Å². The summed E-state index contributed by atoms with van der Waals surface area (Å²) in [5.41, 5.74) is 0.853. The van der Waals surface area contributed by atoms with Gasteiger partial charge in [-0.25, -0.2) is 4.83 Å². The number of hydrogen-bond acceptors (Lipinski definition) is 5. The van der Waals surface area contributed by atoms with Gasteiger partial charge >= 0.3 is 0 Å². The second-order valence-corrected chi connectivity index (χ2v) is 6.13. The summed E-state index contributed by atoms with van der Waals surface area (Å²) in [4.78, 5) is 12.1. The van der Waals surface area contributed by atoms with E-state index < -0.39 is 14.9 Å². The zero-order valence-corrected chi connectivity index (χ0v) is 12.4. The lowest BCUT2D eigenvalue weighted by molar-refractivity contribution is -0.385. The van der Waals surface area contributed by atoms with E-state index in [1.807, 2.05) is 10.9 Å². The van der Waals surface area contributed by atoms with E-state index in [0.29, 0.717) is 5.56 Å². The Kier molecular flexibility index (Phi) is 4.52. The molecular weight excluding hydrogens is 306 g/mol. The number of sulfonamides is 1. The van der Waals surface area contributed by atoms with Crippen LogP contribution < -0.4 is 4.83 Å². The molecule has 0 fully saturated rings. The SMILES string of the molecule is Cc1ccc(S(=O)(=O)N/N=C/c2ccccc2)cc1[N+](=O)[O-]. The van der Waals surface area contributed by atoms with E-state index in [1.54, 1.807) is 24.3 Å². The van der Waals surface area contributed by atoms with Crippen molar-refractivity contribution in [3.8, 4) is 0 Å². The highest BCUT2D eigenvalue weighted by Gasteiger charge is 2.19. The third kappa shape index (κ3) is 3.67. The van der Waals surface area contributed by atoms with Crippen LogP contribution in [0.4, 0.5) is 5.69 Å². The van der Waals surface area contributed by atoms with Gasteiger partial charge in [-0.15, -0.1) is 0 Å². The first-order chi connectivity index (χ1) is 10.4. The molecule has 2 aromatic rings. The van der Waals surface area contributed by atoms with E-state index >= 15 is 0 Å². The fraction of sp³-hybridized carbons (Fsp3) is 0.0714. The number of aryl methyl sites for hydroxylation is 1. The minimum absolute atomic E-state index is 0.213. The van der Waals surface area contributed by atoms with Crippen LogP contribution in [0.3, 0.4) is 0 Å². The number of nitro groups is 1. The quantitative estimate of drug-likeness (QED) is 0.518. The van der Waals surface area contributed by atoms with Gasteiger partial charge in [0.2, 0.25) is 0 Å². The molecule has 8 heteroatoms. The highest BCUT2D eigenvalue weighted by molar-refractivity contribution is 7.89. The predicted molar refractivity (Wildman–Crippen MR) is 82.2 cm³/mol. The molecule has 22 heavy (non-hydrogen) atoms. The Bertz CT molecular complexity index is 817. The maximum Gasteiger partial charge on any atom is 0.276 e. The minimum Gasteiger partial charge on any atom is -0.258 e. The summed E-state index contributed by atoms with van der Waals surface area (Å²) in [6.45, 7) is 1.54. The largest absolute Gasteiger partial charge is 0.276 e. The number of nitrogens with zero attached hydrogens (tertiary/aromatic N) is 2. The summed E-state index contributed by atoms with van der Waals surface area (Å²) in [5.74, 6) is 0. The number of nitrogens with one attached hydrogen (secondary N) is 1. The van der Waals surface area contributed by atoms with E-state index in [9.17, 15) is 18.5 Å². The second-order valence-electron chi connectivity index (χ2n) is 4.47. The Morgan fingerprint density at radius 1 is 1.18 bits per heavy atom. The topological polar surface area (TPSA) is 102 Å². The van der Waals surface area contributed by atoms with Crippen molar-refractivity contribution in [1.29, 1.82) is 0 Å². The number of nitro benzene ring substituents is 1. The van der Waals surface area contributed by atoms with Gasteiger partial charge in [-0.2, -0.15) is 13.5 Å². The molecule has 0 atom stereocenters. The smallest absolute Gasteiger partial charge is 0.258 e. The molecule has 2 aromatic carbocycles. The molecule has 0 aromatic heterocycles. The van der Waals surface area contributed by atoms with Gasteiger partial charge in [0.1, 0.15) is 0 Å². The first kappa shape index (κ1) is 15.6. The molecule has 0 aliphatic heterocycles. The second kappa shape index (κ2) is 6.35. The van der Waals surface area contributed by atoms with Crippen LogP contribution in [0.5, 0.6) is 0 Å². The average molecular weight is 319 g/mol. The molecule has 0 heterocycles. The fourth-order valence-corrected chi connectivity index (χ4v) is 2.53. The number of hydrazone groups is 1. The molecule has 0 bridgehead atoms. The van der Waals surface area contributed by atoms with Crippen molar-refractivity contribution < 1.29 is 13.3 Å². The Morgan fingerprint density at radius 3 is 2.50 bits per heavy atom. The van der Waals surface area contributed by atoms with Crippen molar-refractivity contribution in [1.82, 2.24) is 4.83 Å². The molecule has 1 N–H and O–H groups in total. The van der Waals surface area contributed by atoms with Gasteiger partial charge in [0.05, 0.1) is 16.0 Å². The van der Waals surface area contributed by atoms with Gasteiger partial charge < -0.3 is 0 Å². The van der Waals surface area contributed by atoms with Gasteiger partial charge in [0, 0.05) is 11.6 Å². The summed E-state index contributed by atoms with van der Waals surface area (Å²) < 4.78 is 24.1. The molecule has 0 saturated carbocycles. The molecule has 0 radical (unpaired) electrons. The van der Waals surface area contributed by atoms with Gasteiger partial charge in [-0.3, -0.25) is 10.1 Å². The zero-order valence-electron chi connectivity index (χ0n) is 11.6. The van der Waals surface area contributed by atoms with Crippen molar-refractivity contribution in [2.45, 2.75) is 11.8 Å². The normalized spacial score (nSPS) is 11.5. The third-order valence-electron chi connectivity index (χ3n) is 2.87. The molecule has 114 valence electrons. The van der Waals surface area contributed by atoms with Crippen molar-refractivity contribution in [3.63, 3.8) is 0 Å². The lowest BCUT2D eigenvalue weighted by Gasteiger charge is -2.04. The lowest BCUT2D eigenvalue weighted by Crippen LogP contribution is -2.18. The fourth-order valence-electron chi connectivity index (χ4n) is 1.72. The third-order valence-corrected chi connectivity index (χ3v) is 4.09. The molecule has 0 amide bonds. The summed E-state index contributed by atoms with van der Waals surface area (Å²) >= 11 is 0. The Morgan fingerprint density at radius 2 is 1.86 bits per heavy atom. The maximum absolute atomic E-state index is 12.1. The molecule has 0 aliphatic rings. The average Bonchev–Trinajstić information content (AvgIpc) is 2.48. The van der Waals surface area contributed by atoms with Crippen LogP contribution >= 0.6 is 0 Å². The summed E-state index contributed by atoms with van der Waals surface area (Å²) in [7, 11) is -3.96. The van der Waals surface area contributed by atoms with E-state index in [2.05, 4.69) is 5.10 Å². The van der Waals surface area contributed by atoms with Crippen molar-refractivity contribution in [2.24, 2.45) is 5.10 Å². The Labute approximate surface area is 127 Å². The Hall–Kier alpha value is -2.74. The highest BCUT2D eigenvalue weighted by Crippen LogP contribution is 2.21. The van der Waals surface area contributed by atoms with Crippen molar-refractivity contribution in [3.05, 3.63) is 69.8 Å². The molecule has 0 saturated heterocycles. The van der Waals surface area contributed by atoms with E-state index in [0.717, 1.165) is 11.6 Å². The van der Waals surface area contributed by atoms with Crippen LogP contribution in [0.2, 0.25) is 0 Å². The first-order valence-corrected chi connectivity index (χ1v) is 7.73. The molecule has 0 unspecified atom stereocenters. The zero-order chi connectivity index (χ0) is 16.2. The lowest BCUT2D eigenvalue weighted by atomic mass is 10.2. The maximum atomic E-state index is 12.1. The summed E-state index contributed by atoms with van der Waals surface area (Å²) in [5, 5.41) is 14.5. The van der Waals surface area contributed by atoms with Gasteiger partial charge in [-0.05, 0) is 18.6 Å². The minimum atomic E-state index is -3.96. The van der Waals surface area contributed by atoms with Crippen LogP contribution in [-0.4, -0.2) is 19.6 Å². The van der Waals surface area contributed by atoms with Gasteiger partial charge in [-0.1, -0.05) is 36.4 Å². The Balaban J connectivity index is 2.22. The van der Waals surface area contributed by atoms with Crippen molar-refractivity contribution >= 4 is 21.9 Å².